The summed E-state index contributed by atoms with van der Waals surface area (Å²) in [5.74, 6) is -0.331. The van der Waals surface area contributed by atoms with Gasteiger partial charge in [0.25, 0.3) is 0 Å². The molecule has 7 heteroatoms. The van der Waals surface area contributed by atoms with Crippen LogP contribution in [0.15, 0.2) is 27.8 Å². The van der Waals surface area contributed by atoms with E-state index in [0.717, 1.165) is 0 Å². The summed E-state index contributed by atoms with van der Waals surface area (Å²) in [5.41, 5.74) is 8.75. The molecule has 0 bridgehead atoms. The zero-order chi connectivity index (χ0) is 13.8. The van der Waals surface area contributed by atoms with E-state index in [4.69, 9.17) is 5.53 Å². The van der Waals surface area contributed by atoms with Crippen LogP contribution in [0.1, 0.15) is 12.0 Å². The molecule has 1 heterocycles. The van der Waals surface area contributed by atoms with Gasteiger partial charge in [0.05, 0.1) is 0 Å². The molecule has 1 aromatic carbocycles. The van der Waals surface area contributed by atoms with Gasteiger partial charge < -0.3 is 4.90 Å². The third-order valence-corrected chi connectivity index (χ3v) is 3.57. The highest BCUT2D eigenvalue weighted by molar-refractivity contribution is 9.10. The SMILES string of the molecule is [N-]=[N+]=NCC1CC(=O)N(Cc2ccc(Br)cc2F)C1. The van der Waals surface area contributed by atoms with Crippen molar-refractivity contribution in [1.29, 1.82) is 0 Å². The quantitative estimate of drug-likeness (QED) is 0.475. The predicted molar refractivity (Wildman–Crippen MR) is 71.6 cm³/mol. The van der Waals surface area contributed by atoms with E-state index >= 15 is 0 Å². The summed E-state index contributed by atoms with van der Waals surface area (Å²) in [5, 5.41) is 3.48. The van der Waals surface area contributed by atoms with Gasteiger partial charge in [-0.15, -0.1) is 0 Å². The molecule has 5 nitrogen and oxygen atoms in total. The van der Waals surface area contributed by atoms with Crippen LogP contribution >= 0.6 is 15.9 Å². The number of amides is 1. The zero-order valence-electron chi connectivity index (χ0n) is 10.1. The lowest BCUT2D eigenvalue weighted by atomic mass is 10.1. The summed E-state index contributed by atoms with van der Waals surface area (Å²) in [6.07, 6.45) is 0.358. The number of halogens is 2. The number of benzene rings is 1. The average molecular weight is 327 g/mol. The van der Waals surface area contributed by atoms with Gasteiger partial charge in [-0.25, -0.2) is 4.39 Å². The second-order valence-corrected chi connectivity index (χ2v) is 5.41. The maximum atomic E-state index is 13.7. The first kappa shape index (κ1) is 13.8. The standard InChI is InChI=1S/C12H12BrFN4O/c13-10-2-1-9(11(14)4-10)7-18-6-8(3-12(18)19)5-16-17-15/h1-2,4,8H,3,5-7H2. The van der Waals surface area contributed by atoms with E-state index in [0.29, 0.717) is 29.5 Å². The summed E-state index contributed by atoms with van der Waals surface area (Å²) >= 11 is 3.19. The Balaban J connectivity index is 2.03. The molecule has 0 aromatic heterocycles. The van der Waals surface area contributed by atoms with Crippen molar-refractivity contribution in [2.75, 3.05) is 13.1 Å². The Hall–Kier alpha value is -1.59. The van der Waals surface area contributed by atoms with E-state index in [1.807, 2.05) is 0 Å². The molecule has 1 saturated heterocycles. The lowest BCUT2D eigenvalue weighted by Gasteiger charge is -2.17. The summed E-state index contributed by atoms with van der Waals surface area (Å²) < 4.78 is 14.4. The van der Waals surface area contributed by atoms with Crippen molar-refractivity contribution in [3.8, 4) is 0 Å². The van der Waals surface area contributed by atoms with E-state index in [-0.39, 0.29) is 24.2 Å². The minimum absolute atomic E-state index is 0.0274. The smallest absolute Gasteiger partial charge is 0.223 e. The molecule has 1 amide bonds. The van der Waals surface area contributed by atoms with Gasteiger partial charge >= 0.3 is 0 Å². The summed E-state index contributed by atoms with van der Waals surface area (Å²) in [6, 6.07) is 4.79. The maximum absolute atomic E-state index is 13.7. The van der Waals surface area contributed by atoms with Crippen LogP contribution in [0, 0.1) is 11.7 Å². The number of azide groups is 1. The van der Waals surface area contributed by atoms with Crippen LogP contribution in [0.25, 0.3) is 10.4 Å². The molecule has 100 valence electrons. The van der Waals surface area contributed by atoms with Gasteiger partial charge in [-0.1, -0.05) is 27.1 Å². The van der Waals surface area contributed by atoms with Gasteiger partial charge in [0, 0.05) is 41.0 Å². The first-order chi connectivity index (χ1) is 9.10. The number of hydrogen-bond donors (Lipinski definition) is 0. The Morgan fingerprint density at radius 1 is 1.58 bits per heavy atom. The van der Waals surface area contributed by atoms with Crippen molar-refractivity contribution >= 4 is 21.8 Å². The Morgan fingerprint density at radius 2 is 2.37 bits per heavy atom. The molecule has 0 radical (unpaired) electrons. The Kier molecular flexibility index (Phi) is 4.39. The molecule has 1 aromatic rings. The van der Waals surface area contributed by atoms with Crippen molar-refractivity contribution in [3.63, 3.8) is 0 Å². The van der Waals surface area contributed by atoms with Crippen LogP contribution in [-0.4, -0.2) is 23.9 Å². The van der Waals surface area contributed by atoms with Gasteiger partial charge in [-0.2, -0.15) is 0 Å². The van der Waals surface area contributed by atoms with E-state index in [9.17, 15) is 9.18 Å². The van der Waals surface area contributed by atoms with Gasteiger partial charge in [0.15, 0.2) is 0 Å². The fourth-order valence-electron chi connectivity index (χ4n) is 2.14. The maximum Gasteiger partial charge on any atom is 0.223 e. The van der Waals surface area contributed by atoms with Crippen LogP contribution in [0.3, 0.4) is 0 Å². The molecular formula is C12H12BrFN4O. The molecule has 1 unspecified atom stereocenters. The second-order valence-electron chi connectivity index (χ2n) is 4.49. The molecule has 1 aliphatic heterocycles. The minimum atomic E-state index is -0.333. The van der Waals surface area contributed by atoms with Crippen molar-refractivity contribution in [2.24, 2.45) is 11.0 Å². The second kappa shape index (κ2) is 6.04. The highest BCUT2D eigenvalue weighted by atomic mass is 79.9. The first-order valence-corrected chi connectivity index (χ1v) is 6.62. The topological polar surface area (TPSA) is 69.1 Å². The molecule has 0 saturated carbocycles. The Labute approximate surface area is 118 Å². The molecular weight excluding hydrogens is 315 g/mol. The third-order valence-electron chi connectivity index (χ3n) is 3.07. The summed E-state index contributed by atoms with van der Waals surface area (Å²) in [7, 11) is 0. The first-order valence-electron chi connectivity index (χ1n) is 5.82. The molecule has 2 rings (SSSR count). The largest absolute Gasteiger partial charge is 0.338 e. The van der Waals surface area contributed by atoms with Crippen LogP contribution in [0.4, 0.5) is 4.39 Å². The number of carbonyl (C=O) groups excluding carboxylic acids is 1. The third kappa shape index (κ3) is 3.45. The molecule has 1 atom stereocenters. The van der Waals surface area contributed by atoms with Crippen LogP contribution in [-0.2, 0) is 11.3 Å². The molecule has 0 N–H and O–H groups in total. The average Bonchev–Trinajstić information content (AvgIpc) is 2.71. The van der Waals surface area contributed by atoms with Gasteiger partial charge in [-0.05, 0) is 23.6 Å². The lowest BCUT2D eigenvalue weighted by molar-refractivity contribution is -0.128. The number of hydrogen-bond acceptors (Lipinski definition) is 2. The zero-order valence-corrected chi connectivity index (χ0v) is 11.7. The molecule has 0 spiro atoms. The summed E-state index contributed by atoms with van der Waals surface area (Å²) in [6.45, 7) is 1.07. The van der Waals surface area contributed by atoms with Gasteiger partial charge in [0.1, 0.15) is 5.82 Å². The fourth-order valence-corrected chi connectivity index (χ4v) is 2.47. The van der Waals surface area contributed by atoms with E-state index in [1.54, 1.807) is 17.0 Å². The van der Waals surface area contributed by atoms with Crippen LogP contribution in [0.5, 0.6) is 0 Å². The highest BCUT2D eigenvalue weighted by Crippen LogP contribution is 2.23. The van der Waals surface area contributed by atoms with Crippen molar-refractivity contribution in [2.45, 2.75) is 13.0 Å². The molecule has 1 aliphatic rings. The van der Waals surface area contributed by atoms with E-state index in [2.05, 4.69) is 26.0 Å². The van der Waals surface area contributed by atoms with Crippen molar-refractivity contribution in [3.05, 3.63) is 44.5 Å². The van der Waals surface area contributed by atoms with Crippen molar-refractivity contribution < 1.29 is 9.18 Å². The molecule has 1 fully saturated rings. The van der Waals surface area contributed by atoms with Crippen LogP contribution < -0.4 is 0 Å². The van der Waals surface area contributed by atoms with Gasteiger partial charge in [-0.3, -0.25) is 4.79 Å². The number of carbonyl (C=O) groups is 1. The lowest BCUT2D eigenvalue weighted by Crippen LogP contribution is -2.25. The minimum Gasteiger partial charge on any atom is -0.338 e. The van der Waals surface area contributed by atoms with E-state index < -0.39 is 0 Å². The van der Waals surface area contributed by atoms with Gasteiger partial charge in [0.2, 0.25) is 5.91 Å². The summed E-state index contributed by atoms with van der Waals surface area (Å²) in [4.78, 5) is 16.1. The number of rotatable bonds is 4. The number of nitrogens with zero attached hydrogens (tertiary/aromatic N) is 4. The highest BCUT2D eigenvalue weighted by Gasteiger charge is 2.29. The Morgan fingerprint density at radius 3 is 3.05 bits per heavy atom. The fraction of sp³-hybridized carbons (Fsp3) is 0.417. The van der Waals surface area contributed by atoms with Crippen LogP contribution in [0.2, 0.25) is 0 Å². The predicted octanol–water partition coefficient (Wildman–Crippen LogP) is 3.25. The Bertz CT molecular complexity index is 545. The monoisotopic (exact) mass is 326 g/mol. The molecule has 19 heavy (non-hydrogen) atoms. The number of likely N-dealkylation sites (tertiary alicyclic amines) is 1. The molecule has 0 aliphatic carbocycles. The van der Waals surface area contributed by atoms with E-state index in [1.165, 1.54) is 6.07 Å². The van der Waals surface area contributed by atoms with Crippen molar-refractivity contribution in [1.82, 2.24) is 4.90 Å². The normalized spacial score (nSPS) is 18.5.